The van der Waals surface area contributed by atoms with E-state index in [0.717, 1.165) is 99.5 Å². The zero-order valence-electron chi connectivity index (χ0n) is 40.5. The Morgan fingerprint density at radius 2 is 0.653 bits per heavy atom. The third kappa shape index (κ3) is 5.69. The van der Waals surface area contributed by atoms with E-state index in [9.17, 15) is 0 Å². The van der Waals surface area contributed by atoms with Gasteiger partial charge >= 0.3 is 0 Å². The van der Waals surface area contributed by atoms with E-state index in [4.69, 9.17) is 8.83 Å². The van der Waals surface area contributed by atoms with Crippen molar-refractivity contribution in [2.75, 3.05) is 9.80 Å². The molecule has 72 heavy (non-hydrogen) atoms. The van der Waals surface area contributed by atoms with Gasteiger partial charge in [-0.25, -0.2) is 0 Å². The van der Waals surface area contributed by atoms with Gasteiger partial charge < -0.3 is 18.6 Å². The summed E-state index contributed by atoms with van der Waals surface area (Å²) in [6.07, 6.45) is 0. The highest BCUT2D eigenvalue weighted by atomic mass is 16.3. The molecule has 0 spiro atoms. The monoisotopic (exact) mass is 924 g/mol. The Labute approximate surface area is 417 Å². The zero-order chi connectivity index (χ0) is 48.0. The Hall–Kier alpha value is -8.86. The highest BCUT2D eigenvalue weighted by Gasteiger charge is 2.37. The van der Waals surface area contributed by atoms with Crippen LogP contribution < -0.4 is 9.80 Å². The van der Waals surface area contributed by atoms with E-state index in [-0.39, 0.29) is 10.8 Å². The van der Waals surface area contributed by atoms with Crippen molar-refractivity contribution < 1.29 is 8.83 Å². The number of benzene rings is 11. The van der Waals surface area contributed by atoms with Gasteiger partial charge in [-0.15, -0.1) is 0 Å². The van der Waals surface area contributed by atoms with Crippen LogP contribution in [0.2, 0.25) is 0 Å². The van der Waals surface area contributed by atoms with Gasteiger partial charge in [0.2, 0.25) is 0 Å². The van der Waals surface area contributed by atoms with Crippen molar-refractivity contribution >= 4 is 99.5 Å². The molecule has 0 saturated heterocycles. The van der Waals surface area contributed by atoms with Gasteiger partial charge in [0, 0.05) is 84.1 Å². The predicted molar refractivity (Wildman–Crippen MR) is 301 cm³/mol. The zero-order valence-corrected chi connectivity index (χ0v) is 40.5. The average Bonchev–Trinajstić information content (AvgIpc) is 4.10. The van der Waals surface area contributed by atoms with Gasteiger partial charge in [-0.2, -0.15) is 0 Å². The van der Waals surface area contributed by atoms with Gasteiger partial charge in [-0.1, -0.05) is 173 Å². The molecule has 0 atom stereocenters. The van der Waals surface area contributed by atoms with Crippen molar-refractivity contribution in [2.24, 2.45) is 0 Å². The number of rotatable bonds is 6. The van der Waals surface area contributed by atoms with Crippen LogP contribution >= 0.6 is 0 Å². The summed E-state index contributed by atoms with van der Waals surface area (Å²) in [5, 5.41) is 8.86. The third-order valence-electron chi connectivity index (χ3n) is 16.2. The molecule has 15 rings (SSSR count). The highest BCUT2D eigenvalue weighted by Crippen LogP contribution is 2.54. The minimum absolute atomic E-state index is 0.0857. The van der Waals surface area contributed by atoms with E-state index in [0.29, 0.717) is 0 Å². The molecule has 4 nitrogen and oxygen atoms in total. The second-order valence-electron chi connectivity index (χ2n) is 20.8. The molecular weight excluding hydrogens is 877 g/mol. The van der Waals surface area contributed by atoms with Crippen LogP contribution in [0.1, 0.15) is 49.9 Å². The molecule has 0 N–H and O–H groups in total. The molecular formula is C68H48N2O2. The van der Waals surface area contributed by atoms with Crippen LogP contribution in [0, 0.1) is 0 Å². The first-order valence-electron chi connectivity index (χ1n) is 25.1. The number of furan rings is 2. The molecule has 2 aliphatic rings. The number of para-hydroxylation sites is 2. The third-order valence-corrected chi connectivity index (χ3v) is 16.2. The SMILES string of the molecule is CC1(C)c2ccccc2-c2cc(N(c3ccccc3)c3cc4oc5cc6oc7cc(N(c8ccccc8)c8ccc9c(c8)-c8ccccc8C9(C)C)c8ccccc8c7c6cc5c4c4ccccc34)ccc21. The quantitative estimate of drug-likeness (QED) is 0.166. The van der Waals surface area contributed by atoms with E-state index in [1.54, 1.807) is 0 Å². The van der Waals surface area contributed by atoms with Gasteiger partial charge in [0.05, 0.1) is 11.4 Å². The maximum absolute atomic E-state index is 7.02. The van der Waals surface area contributed by atoms with Crippen LogP contribution in [0.5, 0.6) is 0 Å². The average molecular weight is 925 g/mol. The van der Waals surface area contributed by atoms with E-state index in [1.165, 1.54) is 44.5 Å². The van der Waals surface area contributed by atoms with Gasteiger partial charge in [-0.05, 0) is 110 Å². The predicted octanol–water partition coefficient (Wildman–Crippen LogP) is 19.3. The molecule has 2 heterocycles. The van der Waals surface area contributed by atoms with E-state index < -0.39 is 0 Å². The fourth-order valence-electron chi connectivity index (χ4n) is 12.8. The minimum atomic E-state index is -0.0857. The number of hydrogen-bond donors (Lipinski definition) is 0. The lowest BCUT2D eigenvalue weighted by Gasteiger charge is -2.28. The first-order valence-corrected chi connectivity index (χ1v) is 25.1. The summed E-state index contributed by atoms with van der Waals surface area (Å²) >= 11 is 0. The van der Waals surface area contributed by atoms with E-state index in [2.05, 4.69) is 256 Å². The number of fused-ring (bicyclic) bond motifs is 16. The maximum atomic E-state index is 7.02. The highest BCUT2D eigenvalue weighted by molar-refractivity contribution is 6.28. The summed E-state index contributed by atoms with van der Waals surface area (Å²) in [6.45, 7) is 9.35. The molecule has 342 valence electrons. The van der Waals surface area contributed by atoms with Crippen LogP contribution in [-0.4, -0.2) is 0 Å². The van der Waals surface area contributed by atoms with Crippen LogP contribution in [0.15, 0.2) is 227 Å². The molecule has 4 heteroatoms. The van der Waals surface area contributed by atoms with E-state index in [1.807, 2.05) is 0 Å². The van der Waals surface area contributed by atoms with Gasteiger partial charge in [0.15, 0.2) is 0 Å². The molecule has 0 fully saturated rings. The smallest absolute Gasteiger partial charge is 0.139 e. The summed E-state index contributed by atoms with van der Waals surface area (Å²) in [5.74, 6) is 0. The number of nitrogens with zero attached hydrogens (tertiary/aromatic N) is 2. The lowest BCUT2D eigenvalue weighted by atomic mass is 9.82. The maximum Gasteiger partial charge on any atom is 0.139 e. The molecule has 0 bridgehead atoms. The molecule has 2 aromatic heterocycles. The first kappa shape index (κ1) is 41.0. The lowest BCUT2D eigenvalue weighted by Crippen LogP contribution is -2.15. The van der Waals surface area contributed by atoms with Crippen molar-refractivity contribution in [1.82, 2.24) is 0 Å². The first-order chi connectivity index (χ1) is 35.2. The largest absolute Gasteiger partial charge is 0.456 e. The lowest BCUT2D eigenvalue weighted by molar-refractivity contribution is 0.656. The second kappa shape index (κ2) is 14.8. The van der Waals surface area contributed by atoms with Crippen molar-refractivity contribution in [3.8, 4) is 22.3 Å². The molecule has 0 amide bonds. The molecule has 13 aromatic rings. The summed E-state index contributed by atoms with van der Waals surface area (Å²) in [4.78, 5) is 4.79. The molecule has 11 aromatic carbocycles. The van der Waals surface area contributed by atoms with Crippen LogP contribution in [-0.2, 0) is 10.8 Å². The van der Waals surface area contributed by atoms with Crippen molar-refractivity contribution in [3.63, 3.8) is 0 Å². The van der Waals surface area contributed by atoms with Gasteiger partial charge in [-0.3, -0.25) is 0 Å². The molecule has 0 aliphatic heterocycles. The molecule has 0 radical (unpaired) electrons. The summed E-state index contributed by atoms with van der Waals surface area (Å²) in [7, 11) is 0. The van der Waals surface area contributed by atoms with Crippen LogP contribution in [0.25, 0.3) is 87.7 Å². The fraction of sp³-hybridized carbons (Fsp3) is 0.0882. The topological polar surface area (TPSA) is 32.8 Å². The van der Waals surface area contributed by atoms with Crippen molar-refractivity contribution in [1.29, 1.82) is 0 Å². The second-order valence-corrected chi connectivity index (χ2v) is 20.8. The van der Waals surface area contributed by atoms with Crippen LogP contribution in [0.3, 0.4) is 0 Å². The van der Waals surface area contributed by atoms with Crippen molar-refractivity contribution in [3.05, 3.63) is 241 Å². The molecule has 0 unspecified atom stereocenters. The van der Waals surface area contributed by atoms with Crippen molar-refractivity contribution in [2.45, 2.75) is 38.5 Å². The fourth-order valence-corrected chi connectivity index (χ4v) is 12.8. The number of anilines is 6. The number of hydrogen-bond acceptors (Lipinski definition) is 4. The Balaban J connectivity index is 0.926. The van der Waals surface area contributed by atoms with E-state index >= 15 is 0 Å². The summed E-state index contributed by atoms with van der Waals surface area (Å²) < 4.78 is 14.0. The standard InChI is InChI=1S/C68H48N2O2/c1-67(2)55-29-17-15-23-45(55)51-35-43(31-33-57(51)67)69(41-19-7-5-8-20-41)59-38-63-65(49-27-13-11-25-47(49)59)53-37-54-62(40-61(53)71-63)72-64-39-60(48-26-12-14-28-50(48)66(54)64)70(42-21-9-6-10-22-42)44-32-34-58-52(36-44)46-24-16-18-30-56(46)68(58,3)4/h5-40H,1-4H3. The molecule has 2 aliphatic carbocycles. The van der Waals surface area contributed by atoms with Crippen LogP contribution in [0.4, 0.5) is 34.1 Å². The Kier molecular flexibility index (Phi) is 8.44. The van der Waals surface area contributed by atoms with Gasteiger partial charge in [0.25, 0.3) is 0 Å². The Morgan fingerprint density at radius 3 is 1.10 bits per heavy atom. The molecule has 0 saturated carbocycles. The Morgan fingerprint density at radius 1 is 0.278 bits per heavy atom. The summed E-state index contributed by atoms with van der Waals surface area (Å²) in [6, 6.07) is 79.7. The Bertz CT molecular complexity index is 4120. The minimum Gasteiger partial charge on any atom is -0.456 e. The summed E-state index contributed by atoms with van der Waals surface area (Å²) in [5.41, 5.74) is 20.1. The van der Waals surface area contributed by atoms with Gasteiger partial charge in [0.1, 0.15) is 22.3 Å². The normalized spacial score (nSPS) is 14.1.